The van der Waals surface area contributed by atoms with Crippen LogP contribution in [0.2, 0.25) is 0 Å². The minimum absolute atomic E-state index is 0.00959. The molecular weight excluding hydrogens is 246 g/mol. The van der Waals surface area contributed by atoms with Gasteiger partial charge in [0.25, 0.3) is 0 Å². The summed E-state index contributed by atoms with van der Waals surface area (Å²) in [5.74, 6) is 0.156. The van der Waals surface area contributed by atoms with E-state index in [0.717, 1.165) is 14.0 Å². The summed E-state index contributed by atoms with van der Waals surface area (Å²) >= 11 is 4.77. The van der Waals surface area contributed by atoms with Crippen LogP contribution in [0.3, 0.4) is 0 Å². The van der Waals surface area contributed by atoms with E-state index >= 15 is 0 Å². The first kappa shape index (κ1) is 12.9. The molecule has 1 rings (SSSR count). The van der Waals surface area contributed by atoms with Gasteiger partial charge in [-0.05, 0) is 12.5 Å². The van der Waals surface area contributed by atoms with E-state index in [2.05, 4.69) is 0 Å². The fourth-order valence-corrected chi connectivity index (χ4v) is 4.42. The van der Waals surface area contributed by atoms with Crippen molar-refractivity contribution in [2.45, 2.75) is 23.0 Å². The third kappa shape index (κ3) is 2.52. The molecule has 0 aliphatic carbocycles. The van der Waals surface area contributed by atoms with Gasteiger partial charge in [0.1, 0.15) is 0 Å². The number of carbonyl (C=O) groups is 1. The van der Waals surface area contributed by atoms with E-state index in [1.165, 1.54) is 11.3 Å². The van der Waals surface area contributed by atoms with E-state index in [-0.39, 0.29) is 11.7 Å². The molecule has 84 valence electrons. The first-order valence-corrected chi connectivity index (χ1v) is 7.84. The second-order valence-corrected chi connectivity index (χ2v) is 6.30. The van der Waals surface area contributed by atoms with Crippen LogP contribution in [0.15, 0.2) is 9.10 Å². The molecule has 2 N–H and O–H groups in total. The van der Waals surface area contributed by atoms with Gasteiger partial charge in [-0.3, -0.25) is 4.79 Å². The standard InChI is InChI=1S/C10H15NOS3/c1-5(2)7(12)8-6(11)9(13-3)10(14-4)15-8/h5H,11H2,1-4H3. The first-order chi connectivity index (χ1) is 7.02. The summed E-state index contributed by atoms with van der Waals surface area (Å²) in [6.45, 7) is 3.80. The second-order valence-electron chi connectivity index (χ2n) is 3.39. The van der Waals surface area contributed by atoms with Crippen LogP contribution in [0.1, 0.15) is 23.5 Å². The summed E-state index contributed by atoms with van der Waals surface area (Å²) in [4.78, 5) is 13.6. The zero-order chi connectivity index (χ0) is 11.6. The average molecular weight is 261 g/mol. The third-order valence-electron chi connectivity index (χ3n) is 2.01. The molecular formula is C10H15NOS3. The number of carbonyl (C=O) groups excluding carboxylic acids is 1. The lowest BCUT2D eigenvalue weighted by molar-refractivity contribution is 0.0944. The van der Waals surface area contributed by atoms with Gasteiger partial charge in [0, 0.05) is 5.92 Å². The number of Topliss-reactive ketones (excluding diaryl/α,β-unsaturated/α-hetero) is 1. The zero-order valence-electron chi connectivity index (χ0n) is 9.29. The molecule has 1 aromatic rings. The van der Waals surface area contributed by atoms with E-state index in [1.807, 2.05) is 26.4 Å². The van der Waals surface area contributed by atoms with E-state index in [1.54, 1.807) is 23.5 Å². The van der Waals surface area contributed by atoms with Crippen LogP contribution in [0.5, 0.6) is 0 Å². The van der Waals surface area contributed by atoms with E-state index in [4.69, 9.17) is 5.73 Å². The predicted octanol–water partition coefficient (Wildman–Crippen LogP) is 3.61. The molecule has 0 radical (unpaired) electrons. The van der Waals surface area contributed by atoms with Gasteiger partial charge in [-0.15, -0.1) is 34.9 Å². The molecule has 1 aromatic heterocycles. The van der Waals surface area contributed by atoms with Crippen molar-refractivity contribution < 1.29 is 4.79 Å². The van der Waals surface area contributed by atoms with Crippen LogP contribution in [-0.2, 0) is 0 Å². The number of nitrogen functional groups attached to an aromatic ring is 1. The largest absolute Gasteiger partial charge is 0.397 e. The van der Waals surface area contributed by atoms with Crippen molar-refractivity contribution in [2.24, 2.45) is 5.92 Å². The normalized spacial score (nSPS) is 11.0. The van der Waals surface area contributed by atoms with Crippen LogP contribution in [0, 0.1) is 5.92 Å². The molecule has 0 aliphatic heterocycles. The molecule has 2 nitrogen and oxygen atoms in total. The van der Waals surface area contributed by atoms with Gasteiger partial charge in [-0.1, -0.05) is 13.8 Å². The van der Waals surface area contributed by atoms with Crippen molar-refractivity contribution in [3.8, 4) is 0 Å². The van der Waals surface area contributed by atoms with Gasteiger partial charge in [-0.2, -0.15) is 0 Å². The predicted molar refractivity (Wildman–Crippen MR) is 71.5 cm³/mol. The minimum Gasteiger partial charge on any atom is -0.397 e. The molecule has 0 unspecified atom stereocenters. The minimum atomic E-state index is 0.00959. The van der Waals surface area contributed by atoms with Gasteiger partial charge >= 0.3 is 0 Å². The summed E-state index contributed by atoms with van der Waals surface area (Å²) in [5.41, 5.74) is 6.65. The lowest BCUT2D eigenvalue weighted by Crippen LogP contribution is -2.07. The van der Waals surface area contributed by atoms with Crippen molar-refractivity contribution in [1.82, 2.24) is 0 Å². The van der Waals surface area contributed by atoms with Crippen molar-refractivity contribution in [3.63, 3.8) is 0 Å². The Kier molecular flexibility index (Phi) is 4.55. The molecule has 5 heteroatoms. The molecule has 1 heterocycles. The molecule has 15 heavy (non-hydrogen) atoms. The molecule has 0 atom stereocenters. The quantitative estimate of drug-likeness (QED) is 0.664. The number of nitrogens with two attached hydrogens (primary N) is 1. The fourth-order valence-electron chi connectivity index (χ4n) is 1.18. The fraction of sp³-hybridized carbons (Fsp3) is 0.500. The highest BCUT2D eigenvalue weighted by molar-refractivity contribution is 8.03. The number of thiophene rings is 1. The zero-order valence-corrected chi connectivity index (χ0v) is 11.7. The highest BCUT2D eigenvalue weighted by atomic mass is 32.2. The van der Waals surface area contributed by atoms with Crippen molar-refractivity contribution in [1.29, 1.82) is 0 Å². The SMILES string of the molecule is CSc1sc(C(=O)C(C)C)c(N)c1SC. The molecule has 0 fully saturated rings. The Morgan fingerprint density at radius 2 is 1.93 bits per heavy atom. The molecule has 0 spiro atoms. The third-order valence-corrected chi connectivity index (χ3v) is 5.44. The van der Waals surface area contributed by atoms with Crippen LogP contribution in [-0.4, -0.2) is 18.3 Å². The van der Waals surface area contributed by atoms with Gasteiger partial charge in [0.15, 0.2) is 5.78 Å². The number of anilines is 1. The molecule has 0 amide bonds. The summed E-state index contributed by atoms with van der Waals surface area (Å²) in [5, 5.41) is 0. The van der Waals surface area contributed by atoms with Crippen molar-refractivity contribution in [2.75, 3.05) is 18.2 Å². The van der Waals surface area contributed by atoms with E-state index in [0.29, 0.717) is 5.69 Å². The lowest BCUT2D eigenvalue weighted by Gasteiger charge is -2.02. The number of hydrogen-bond donors (Lipinski definition) is 1. The maximum atomic E-state index is 11.9. The first-order valence-electron chi connectivity index (χ1n) is 4.57. The summed E-state index contributed by atoms with van der Waals surface area (Å²) < 4.78 is 1.14. The summed E-state index contributed by atoms with van der Waals surface area (Å²) in [7, 11) is 0. The number of hydrogen-bond acceptors (Lipinski definition) is 5. The van der Waals surface area contributed by atoms with Crippen molar-refractivity contribution >= 4 is 46.3 Å². The Bertz CT molecular complexity index is 371. The Hall–Kier alpha value is -0.130. The highest BCUT2D eigenvalue weighted by Crippen LogP contribution is 2.43. The Morgan fingerprint density at radius 1 is 1.33 bits per heavy atom. The van der Waals surface area contributed by atoms with Crippen LogP contribution < -0.4 is 5.73 Å². The van der Waals surface area contributed by atoms with Gasteiger partial charge in [-0.25, -0.2) is 0 Å². The van der Waals surface area contributed by atoms with Crippen molar-refractivity contribution in [3.05, 3.63) is 4.88 Å². The number of ketones is 1. The Morgan fingerprint density at radius 3 is 2.27 bits per heavy atom. The monoisotopic (exact) mass is 261 g/mol. The summed E-state index contributed by atoms with van der Waals surface area (Å²) in [6.07, 6.45) is 4.00. The lowest BCUT2D eigenvalue weighted by atomic mass is 10.1. The van der Waals surface area contributed by atoms with Crippen LogP contribution >= 0.6 is 34.9 Å². The smallest absolute Gasteiger partial charge is 0.177 e. The maximum Gasteiger partial charge on any atom is 0.177 e. The average Bonchev–Trinajstić information content (AvgIpc) is 2.53. The van der Waals surface area contributed by atoms with E-state index < -0.39 is 0 Å². The topological polar surface area (TPSA) is 43.1 Å². The second kappa shape index (κ2) is 5.27. The van der Waals surface area contributed by atoms with E-state index in [9.17, 15) is 4.79 Å². The molecule has 0 bridgehead atoms. The van der Waals surface area contributed by atoms with Gasteiger partial charge in [0.05, 0.1) is 19.7 Å². The molecule has 0 saturated carbocycles. The molecule has 0 aromatic carbocycles. The Labute approximate surface area is 103 Å². The van der Waals surface area contributed by atoms with Crippen LogP contribution in [0.4, 0.5) is 5.69 Å². The summed E-state index contributed by atoms with van der Waals surface area (Å²) in [6, 6.07) is 0. The molecule has 0 aliphatic rings. The van der Waals surface area contributed by atoms with Crippen LogP contribution in [0.25, 0.3) is 0 Å². The highest BCUT2D eigenvalue weighted by Gasteiger charge is 2.21. The van der Waals surface area contributed by atoms with Gasteiger partial charge < -0.3 is 5.73 Å². The Balaban J connectivity index is 3.21. The van der Waals surface area contributed by atoms with Gasteiger partial charge in [0.2, 0.25) is 0 Å². The maximum absolute atomic E-state index is 11.9. The molecule has 0 saturated heterocycles. The number of thioether (sulfide) groups is 2. The number of rotatable bonds is 4.